The van der Waals surface area contributed by atoms with Crippen molar-refractivity contribution in [2.75, 3.05) is 0 Å². The molecule has 0 aliphatic rings. The van der Waals surface area contributed by atoms with Crippen molar-refractivity contribution in [1.29, 1.82) is 0 Å². The van der Waals surface area contributed by atoms with Gasteiger partial charge in [0.05, 0.1) is 17.0 Å². The van der Waals surface area contributed by atoms with Crippen molar-refractivity contribution in [2.24, 2.45) is 0 Å². The highest BCUT2D eigenvalue weighted by molar-refractivity contribution is 7.89. The number of sulfonamides is 1. The van der Waals surface area contributed by atoms with Gasteiger partial charge in [0.25, 0.3) is 0 Å². The predicted molar refractivity (Wildman–Crippen MR) is 84.9 cm³/mol. The number of rotatable bonds is 5. The van der Waals surface area contributed by atoms with E-state index in [1.807, 2.05) is 26.0 Å². The van der Waals surface area contributed by atoms with Crippen LogP contribution in [0.3, 0.4) is 0 Å². The Morgan fingerprint density at radius 3 is 2.19 bits per heavy atom. The van der Waals surface area contributed by atoms with Crippen LogP contribution in [0, 0.1) is 6.92 Å². The van der Waals surface area contributed by atoms with Gasteiger partial charge in [-0.25, -0.2) is 13.1 Å². The smallest absolute Gasteiger partial charge is 0.241 e. The standard InChI is InChI=1S/C15H19NO3S2/c1-10-4-9-15(20-10)11(2)16-21(18,19)14-7-5-13(6-8-14)12(3)17/h4-9,11-12,16-17H,1-3H3. The summed E-state index contributed by atoms with van der Waals surface area (Å²) >= 11 is 1.58. The van der Waals surface area contributed by atoms with Crippen molar-refractivity contribution in [3.8, 4) is 0 Å². The second kappa shape index (κ2) is 6.27. The highest BCUT2D eigenvalue weighted by Gasteiger charge is 2.19. The number of aryl methyl sites for hydroxylation is 1. The molecule has 4 nitrogen and oxygen atoms in total. The summed E-state index contributed by atoms with van der Waals surface area (Å²) in [5.74, 6) is 0. The molecule has 114 valence electrons. The monoisotopic (exact) mass is 325 g/mol. The van der Waals surface area contributed by atoms with Crippen LogP contribution in [-0.4, -0.2) is 13.5 Å². The van der Waals surface area contributed by atoms with E-state index in [0.717, 1.165) is 9.75 Å². The van der Waals surface area contributed by atoms with Gasteiger partial charge in [0.2, 0.25) is 10.0 Å². The topological polar surface area (TPSA) is 66.4 Å². The summed E-state index contributed by atoms with van der Waals surface area (Å²) in [7, 11) is -3.57. The molecule has 0 fully saturated rings. The van der Waals surface area contributed by atoms with E-state index in [0.29, 0.717) is 5.56 Å². The van der Waals surface area contributed by atoms with Crippen molar-refractivity contribution in [1.82, 2.24) is 4.72 Å². The molecule has 0 spiro atoms. The second-order valence-electron chi connectivity index (χ2n) is 5.04. The quantitative estimate of drug-likeness (QED) is 0.887. The van der Waals surface area contributed by atoms with Gasteiger partial charge in [-0.2, -0.15) is 0 Å². The van der Waals surface area contributed by atoms with Crippen LogP contribution in [-0.2, 0) is 10.0 Å². The molecule has 0 aliphatic carbocycles. The fourth-order valence-corrected chi connectivity index (χ4v) is 4.15. The first kappa shape index (κ1) is 16.2. The fraction of sp³-hybridized carbons (Fsp3) is 0.333. The van der Waals surface area contributed by atoms with E-state index in [-0.39, 0.29) is 10.9 Å². The highest BCUT2D eigenvalue weighted by Crippen LogP contribution is 2.24. The van der Waals surface area contributed by atoms with Gasteiger partial charge < -0.3 is 5.11 Å². The Bertz CT molecular complexity index is 703. The van der Waals surface area contributed by atoms with Crippen LogP contribution in [0.1, 0.15) is 41.3 Å². The molecule has 2 N–H and O–H groups in total. The first-order valence-corrected chi connectivity index (χ1v) is 8.96. The van der Waals surface area contributed by atoms with Gasteiger partial charge in [0.1, 0.15) is 0 Å². The van der Waals surface area contributed by atoms with Crippen molar-refractivity contribution < 1.29 is 13.5 Å². The maximum absolute atomic E-state index is 12.3. The molecule has 0 saturated carbocycles. The first-order valence-electron chi connectivity index (χ1n) is 6.66. The first-order chi connectivity index (χ1) is 9.79. The lowest BCUT2D eigenvalue weighted by atomic mass is 10.1. The summed E-state index contributed by atoms with van der Waals surface area (Å²) in [6.07, 6.45) is -0.609. The van der Waals surface area contributed by atoms with Gasteiger partial charge in [-0.1, -0.05) is 12.1 Å². The zero-order chi connectivity index (χ0) is 15.6. The molecule has 0 saturated heterocycles. The summed E-state index contributed by atoms with van der Waals surface area (Å²) in [5, 5.41) is 9.45. The molecule has 0 amide bonds. The van der Waals surface area contributed by atoms with Crippen LogP contribution in [0.25, 0.3) is 0 Å². The number of nitrogens with one attached hydrogen (secondary N) is 1. The largest absolute Gasteiger partial charge is 0.389 e. The van der Waals surface area contributed by atoms with Crippen LogP contribution in [0.4, 0.5) is 0 Å². The molecule has 1 aromatic heterocycles. The molecule has 2 rings (SSSR count). The average molecular weight is 325 g/mol. The molecular formula is C15H19NO3S2. The van der Waals surface area contributed by atoms with E-state index in [1.54, 1.807) is 30.4 Å². The molecule has 2 atom stereocenters. The molecule has 0 bridgehead atoms. The number of benzene rings is 1. The van der Waals surface area contributed by atoms with E-state index >= 15 is 0 Å². The van der Waals surface area contributed by atoms with E-state index < -0.39 is 16.1 Å². The van der Waals surface area contributed by atoms with Crippen LogP contribution < -0.4 is 4.72 Å². The van der Waals surface area contributed by atoms with E-state index in [1.165, 1.54) is 12.1 Å². The molecule has 2 aromatic rings. The zero-order valence-electron chi connectivity index (χ0n) is 12.2. The average Bonchev–Trinajstić information content (AvgIpc) is 2.85. The lowest BCUT2D eigenvalue weighted by molar-refractivity contribution is 0.199. The van der Waals surface area contributed by atoms with Crippen molar-refractivity contribution in [3.05, 3.63) is 51.7 Å². The van der Waals surface area contributed by atoms with Gasteiger partial charge in [-0.15, -0.1) is 11.3 Å². The molecule has 1 aromatic carbocycles. The molecular weight excluding hydrogens is 306 g/mol. The number of aliphatic hydroxyl groups excluding tert-OH is 1. The van der Waals surface area contributed by atoms with E-state index in [4.69, 9.17) is 0 Å². The normalized spacial score (nSPS) is 14.9. The number of aliphatic hydroxyl groups is 1. The third kappa shape index (κ3) is 3.91. The van der Waals surface area contributed by atoms with Crippen molar-refractivity contribution in [2.45, 2.75) is 37.8 Å². The molecule has 21 heavy (non-hydrogen) atoms. The Morgan fingerprint density at radius 2 is 1.71 bits per heavy atom. The Labute approximate surface area is 129 Å². The third-order valence-electron chi connectivity index (χ3n) is 3.19. The zero-order valence-corrected chi connectivity index (χ0v) is 13.8. The fourth-order valence-electron chi connectivity index (χ4n) is 1.97. The lowest BCUT2D eigenvalue weighted by Gasteiger charge is -2.13. The maximum atomic E-state index is 12.3. The van der Waals surface area contributed by atoms with Gasteiger partial charge in [-0.3, -0.25) is 0 Å². The van der Waals surface area contributed by atoms with Crippen molar-refractivity contribution in [3.63, 3.8) is 0 Å². The van der Waals surface area contributed by atoms with Gasteiger partial charge in [0, 0.05) is 9.75 Å². The Morgan fingerprint density at radius 1 is 1.10 bits per heavy atom. The SMILES string of the molecule is Cc1ccc(C(C)NS(=O)(=O)c2ccc(C(C)O)cc2)s1. The van der Waals surface area contributed by atoms with Crippen LogP contribution in [0.15, 0.2) is 41.3 Å². The summed E-state index contributed by atoms with van der Waals surface area (Å²) < 4.78 is 27.3. The number of thiophene rings is 1. The molecule has 2 unspecified atom stereocenters. The number of hydrogen-bond acceptors (Lipinski definition) is 4. The maximum Gasteiger partial charge on any atom is 0.241 e. The van der Waals surface area contributed by atoms with Crippen LogP contribution >= 0.6 is 11.3 Å². The van der Waals surface area contributed by atoms with Crippen LogP contribution in [0.2, 0.25) is 0 Å². The Balaban J connectivity index is 2.18. The van der Waals surface area contributed by atoms with Crippen LogP contribution in [0.5, 0.6) is 0 Å². The van der Waals surface area contributed by atoms with E-state index in [9.17, 15) is 13.5 Å². The molecule has 0 radical (unpaired) electrons. The number of hydrogen-bond donors (Lipinski definition) is 2. The third-order valence-corrected chi connectivity index (χ3v) is 5.93. The minimum atomic E-state index is -3.57. The van der Waals surface area contributed by atoms with Gasteiger partial charge >= 0.3 is 0 Å². The summed E-state index contributed by atoms with van der Waals surface area (Å²) in [6.45, 7) is 5.46. The lowest BCUT2D eigenvalue weighted by Crippen LogP contribution is -2.26. The minimum Gasteiger partial charge on any atom is -0.389 e. The molecule has 1 heterocycles. The van der Waals surface area contributed by atoms with E-state index in [2.05, 4.69) is 4.72 Å². The predicted octanol–water partition coefficient (Wildman–Crippen LogP) is 3.15. The van der Waals surface area contributed by atoms with Crippen molar-refractivity contribution >= 4 is 21.4 Å². The summed E-state index contributed by atoms with van der Waals surface area (Å²) in [6, 6.07) is 9.91. The molecule has 0 aliphatic heterocycles. The Kier molecular flexibility index (Phi) is 4.83. The second-order valence-corrected chi connectivity index (χ2v) is 8.07. The highest BCUT2D eigenvalue weighted by atomic mass is 32.2. The summed E-state index contributed by atoms with van der Waals surface area (Å²) in [5.41, 5.74) is 0.691. The minimum absolute atomic E-state index is 0.201. The molecule has 6 heteroatoms. The summed E-state index contributed by atoms with van der Waals surface area (Å²) in [4.78, 5) is 2.33. The van der Waals surface area contributed by atoms with Gasteiger partial charge in [0.15, 0.2) is 0 Å². The Hall–Kier alpha value is -1.21. The van der Waals surface area contributed by atoms with Gasteiger partial charge in [-0.05, 0) is 50.6 Å².